The Labute approximate surface area is 102 Å². The molecule has 3 nitrogen and oxygen atoms in total. The Bertz CT molecular complexity index is 149. The molecule has 0 fully saturated rings. The van der Waals surface area contributed by atoms with Crippen LogP contribution in [0.2, 0.25) is 0 Å². The summed E-state index contributed by atoms with van der Waals surface area (Å²) in [5.74, 6) is 0.681. The molecule has 98 valence electrons. The lowest BCUT2D eigenvalue weighted by Gasteiger charge is -2.26. The van der Waals surface area contributed by atoms with E-state index in [1.54, 1.807) is 7.11 Å². The molecule has 16 heavy (non-hydrogen) atoms. The summed E-state index contributed by atoms with van der Waals surface area (Å²) in [6.45, 7) is 11.1. The van der Waals surface area contributed by atoms with Gasteiger partial charge in [0, 0.05) is 19.8 Å². The first-order valence-corrected chi connectivity index (χ1v) is 6.58. The number of rotatable bonds is 10. The minimum atomic E-state index is 0.607. The molecular formula is C13H30N2O. The summed E-state index contributed by atoms with van der Waals surface area (Å²) in [6, 6.07) is 0.607. The van der Waals surface area contributed by atoms with Crippen LogP contribution >= 0.6 is 0 Å². The second-order valence-electron chi connectivity index (χ2n) is 4.47. The van der Waals surface area contributed by atoms with E-state index in [-0.39, 0.29) is 0 Å². The zero-order valence-electron chi connectivity index (χ0n) is 11.8. The largest absolute Gasteiger partial charge is 0.385 e. The molecule has 0 aliphatic heterocycles. The molecule has 0 aliphatic carbocycles. The van der Waals surface area contributed by atoms with Gasteiger partial charge in [0.05, 0.1) is 0 Å². The first-order valence-electron chi connectivity index (χ1n) is 6.58. The van der Waals surface area contributed by atoms with Gasteiger partial charge in [0.2, 0.25) is 0 Å². The van der Waals surface area contributed by atoms with Gasteiger partial charge in [0.15, 0.2) is 0 Å². The van der Waals surface area contributed by atoms with Crippen molar-refractivity contribution >= 4 is 0 Å². The molecule has 0 aliphatic rings. The highest BCUT2D eigenvalue weighted by atomic mass is 16.5. The Morgan fingerprint density at radius 1 is 1.19 bits per heavy atom. The fraction of sp³-hybridized carbons (Fsp3) is 1.00. The van der Waals surface area contributed by atoms with E-state index in [1.807, 2.05) is 0 Å². The maximum atomic E-state index is 5.14. The maximum absolute atomic E-state index is 5.14. The van der Waals surface area contributed by atoms with E-state index in [9.17, 15) is 0 Å². The highest BCUT2D eigenvalue weighted by Gasteiger charge is 2.15. The second kappa shape index (κ2) is 10.1. The fourth-order valence-corrected chi connectivity index (χ4v) is 2.08. The minimum absolute atomic E-state index is 0.607. The van der Waals surface area contributed by atoms with Crippen molar-refractivity contribution in [3.8, 4) is 0 Å². The summed E-state index contributed by atoms with van der Waals surface area (Å²) in [4.78, 5) is 2.48. The molecule has 0 saturated carbocycles. The van der Waals surface area contributed by atoms with Crippen molar-refractivity contribution in [2.45, 2.75) is 39.7 Å². The van der Waals surface area contributed by atoms with E-state index in [0.29, 0.717) is 12.0 Å². The molecule has 0 bridgehead atoms. The molecule has 1 N–H and O–H groups in total. The Kier molecular flexibility index (Phi) is 9.99. The number of nitrogens with zero attached hydrogens (tertiary/aromatic N) is 1. The molecule has 2 atom stereocenters. The van der Waals surface area contributed by atoms with Gasteiger partial charge >= 0.3 is 0 Å². The lowest BCUT2D eigenvalue weighted by molar-refractivity contribution is 0.166. The van der Waals surface area contributed by atoms with Gasteiger partial charge in [-0.2, -0.15) is 0 Å². The Balaban J connectivity index is 3.88. The third-order valence-corrected chi connectivity index (χ3v) is 3.49. The van der Waals surface area contributed by atoms with Crippen LogP contribution in [-0.4, -0.2) is 51.3 Å². The third kappa shape index (κ3) is 6.46. The van der Waals surface area contributed by atoms with Crippen LogP contribution in [0.1, 0.15) is 33.6 Å². The van der Waals surface area contributed by atoms with Crippen molar-refractivity contribution in [3.63, 3.8) is 0 Å². The van der Waals surface area contributed by atoms with Crippen LogP contribution in [0.25, 0.3) is 0 Å². The van der Waals surface area contributed by atoms with Crippen molar-refractivity contribution < 1.29 is 4.74 Å². The van der Waals surface area contributed by atoms with E-state index < -0.39 is 0 Å². The summed E-state index contributed by atoms with van der Waals surface area (Å²) in [7, 11) is 3.84. The predicted octanol–water partition coefficient (Wildman–Crippen LogP) is 1.98. The first-order chi connectivity index (χ1) is 7.69. The number of nitrogens with one attached hydrogen (secondary N) is 1. The van der Waals surface area contributed by atoms with Crippen LogP contribution in [0.5, 0.6) is 0 Å². The lowest BCUT2D eigenvalue weighted by Crippen LogP contribution is -2.37. The zero-order chi connectivity index (χ0) is 12.4. The van der Waals surface area contributed by atoms with Crippen LogP contribution in [0.15, 0.2) is 0 Å². The summed E-state index contributed by atoms with van der Waals surface area (Å²) < 4.78 is 5.14. The van der Waals surface area contributed by atoms with Gasteiger partial charge in [-0.25, -0.2) is 0 Å². The van der Waals surface area contributed by atoms with Gasteiger partial charge in [0.25, 0.3) is 0 Å². The number of hydrogen-bond donors (Lipinski definition) is 1. The zero-order valence-corrected chi connectivity index (χ0v) is 11.8. The molecule has 0 aromatic rings. The Morgan fingerprint density at radius 2 is 1.81 bits per heavy atom. The molecule has 0 heterocycles. The molecule has 0 spiro atoms. The average Bonchev–Trinajstić information content (AvgIpc) is 2.32. The average molecular weight is 230 g/mol. The van der Waals surface area contributed by atoms with E-state index in [1.165, 1.54) is 13.0 Å². The molecule has 0 aromatic heterocycles. The summed E-state index contributed by atoms with van der Waals surface area (Å²) in [6.07, 6.45) is 2.36. The fourth-order valence-electron chi connectivity index (χ4n) is 2.08. The van der Waals surface area contributed by atoms with E-state index in [4.69, 9.17) is 4.74 Å². The molecule has 3 heteroatoms. The molecule has 0 saturated heterocycles. The van der Waals surface area contributed by atoms with Crippen LogP contribution < -0.4 is 5.32 Å². The van der Waals surface area contributed by atoms with Crippen molar-refractivity contribution in [2.75, 3.05) is 40.4 Å². The topological polar surface area (TPSA) is 24.5 Å². The standard InChI is InChI=1S/C13H30N2O/c1-6-15(7-2)10-8-13(14-4)12(3)9-11-16-5/h12-14H,6-11H2,1-5H3. The van der Waals surface area contributed by atoms with Crippen LogP contribution in [0.4, 0.5) is 0 Å². The van der Waals surface area contributed by atoms with Gasteiger partial charge in [-0.1, -0.05) is 20.8 Å². The summed E-state index contributed by atoms with van der Waals surface area (Å²) in [5.41, 5.74) is 0. The van der Waals surface area contributed by atoms with Crippen molar-refractivity contribution in [2.24, 2.45) is 5.92 Å². The van der Waals surface area contributed by atoms with Crippen molar-refractivity contribution in [3.05, 3.63) is 0 Å². The van der Waals surface area contributed by atoms with Crippen LogP contribution in [0.3, 0.4) is 0 Å². The van der Waals surface area contributed by atoms with Crippen molar-refractivity contribution in [1.82, 2.24) is 10.2 Å². The highest BCUT2D eigenvalue weighted by molar-refractivity contribution is 4.73. The quantitative estimate of drug-likeness (QED) is 0.621. The first kappa shape index (κ1) is 15.9. The van der Waals surface area contributed by atoms with E-state index in [0.717, 1.165) is 26.1 Å². The van der Waals surface area contributed by atoms with Crippen molar-refractivity contribution in [1.29, 1.82) is 0 Å². The molecular weight excluding hydrogens is 200 g/mol. The monoisotopic (exact) mass is 230 g/mol. The van der Waals surface area contributed by atoms with Crippen LogP contribution in [0, 0.1) is 5.92 Å². The molecule has 0 aromatic carbocycles. The van der Waals surface area contributed by atoms with Crippen LogP contribution in [-0.2, 0) is 4.74 Å². The van der Waals surface area contributed by atoms with E-state index in [2.05, 4.69) is 38.0 Å². The smallest absolute Gasteiger partial charge is 0.0465 e. The number of ether oxygens (including phenoxy) is 1. The molecule has 0 amide bonds. The van der Waals surface area contributed by atoms with Gasteiger partial charge in [-0.15, -0.1) is 0 Å². The predicted molar refractivity (Wildman–Crippen MR) is 70.9 cm³/mol. The van der Waals surface area contributed by atoms with Gasteiger partial charge in [0.1, 0.15) is 0 Å². The summed E-state index contributed by atoms with van der Waals surface area (Å²) >= 11 is 0. The number of methoxy groups -OCH3 is 1. The highest BCUT2D eigenvalue weighted by Crippen LogP contribution is 2.12. The Morgan fingerprint density at radius 3 is 2.25 bits per heavy atom. The van der Waals surface area contributed by atoms with E-state index >= 15 is 0 Å². The number of hydrogen-bond acceptors (Lipinski definition) is 3. The van der Waals surface area contributed by atoms with Gasteiger partial charge in [-0.3, -0.25) is 0 Å². The lowest BCUT2D eigenvalue weighted by atomic mass is 9.96. The second-order valence-corrected chi connectivity index (χ2v) is 4.47. The third-order valence-electron chi connectivity index (χ3n) is 3.49. The summed E-state index contributed by atoms with van der Waals surface area (Å²) in [5, 5.41) is 3.43. The molecule has 2 unspecified atom stereocenters. The maximum Gasteiger partial charge on any atom is 0.0465 e. The molecule has 0 rings (SSSR count). The Hall–Kier alpha value is -0.120. The minimum Gasteiger partial charge on any atom is -0.385 e. The van der Waals surface area contributed by atoms with Gasteiger partial charge < -0.3 is 15.0 Å². The normalized spacial score (nSPS) is 15.4. The SMILES string of the molecule is CCN(CC)CCC(NC)C(C)CCOC. The van der Waals surface area contributed by atoms with Gasteiger partial charge in [-0.05, 0) is 45.4 Å². The molecule has 0 radical (unpaired) electrons.